The average Bonchev–Trinajstić information content (AvgIpc) is 3.24. The molecule has 0 atom stereocenters. The molecule has 1 fully saturated rings. The van der Waals surface area contributed by atoms with Gasteiger partial charge in [0.25, 0.3) is 5.56 Å². The van der Waals surface area contributed by atoms with Crippen LogP contribution in [0.3, 0.4) is 0 Å². The van der Waals surface area contributed by atoms with Crippen molar-refractivity contribution in [1.82, 2.24) is 29.5 Å². The zero-order valence-electron chi connectivity index (χ0n) is 18.3. The lowest BCUT2D eigenvalue weighted by atomic mass is 10.1. The fourth-order valence-electron chi connectivity index (χ4n) is 3.91. The zero-order valence-corrected chi connectivity index (χ0v) is 18.3. The molecule has 174 valence electrons. The molecule has 3 aromatic heterocycles. The summed E-state index contributed by atoms with van der Waals surface area (Å²) < 4.78 is 7.47. The molecule has 12 nitrogen and oxygen atoms in total. The topological polar surface area (TPSA) is 160 Å². The van der Waals surface area contributed by atoms with Crippen LogP contribution in [0.15, 0.2) is 63.2 Å². The molecule has 0 spiro atoms. The Hall–Kier alpha value is -4.32. The number of hydrogen-bond acceptors (Lipinski definition) is 9. The van der Waals surface area contributed by atoms with E-state index in [4.69, 9.17) is 15.5 Å². The predicted molar refractivity (Wildman–Crippen MR) is 127 cm³/mol. The van der Waals surface area contributed by atoms with Crippen LogP contribution in [-0.2, 0) is 4.74 Å². The first-order valence-electron chi connectivity index (χ1n) is 10.8. The summed E-state index contributed by atoms with van der Waals surface area (Å²) in [6, 6.07) is 0.00606. The maximum absolute atomic E-state index is 12.6. The van der Waals surface area contributed by atoms with E-state index >= 15 is 0 Å². The van der Waals surface area contributed by atoms with Crippen LogP contribution in [0.2, 0.25) is 0 Å². The Kier molecular flexibility index (Phi) is 5.64. The highest BCUT2D eigenvalue weighted by molar-refractivity contribution is 5.82. The lowest BCUT2D eigenvalue weighted by Crippen LogP contribution is -2.26. The second-order valence-electron chi connectivity index (χ2n) is 7.94. The first-order valence-corrected chi connectivity index (χ1v) is 10.8. The minimum Gasteiger partial charge on any atom is -0.399 e. The minimum absolute atomic E-state index is 0.00606. The van der Waals surface area contributed by atoms with Crippen LogP contribution in [0, 0.1) is 0 Å². The molecule has 0 aliphatic carbocycles. The van der Waals surface area contributed by atoms with Gasteiger partial charge in [-0.2, -0.15) is 4.98 Å². The van der Waals surface area contributed by atoms with Crippen LogP contribution in [0.5, 0.6) is 0 Å². The van der Waals surface area contributed by atoms with Gasteiger partial charge in [0.05, 0.1) is 23.8 Å². The van der Waals surface area contributed by atoms with Gasteiger partial charge in [-0.15, -0.1) is 0 Å². The normalized spacial score (nSPS) is 19.9. The number of rotatable bonds is 3. The second kappa shape index (κ2) is 8.90. The van der Waals surface area contributed by atoms with Crippen molar-refractivity contribution in [3.8, 4) is 11.4 Å². The Bertz CT molecular complexity index is 1450. The smallest absolute Gasteiger partial charge is 0.325 e. The average molecular weight is 461 g/mol. The van der Waals surface area contributed by atoms with E-state index in [0.717, 1.165) is 12.8 Å². The summed E-state index contributed by atoms with van der Waals surface area (Å²) in [5.41, 5.74) is 7.35. The summed E-state index contributed by atoms with van der Waals surface area (Å²) in [5.74, 6) is 0.802. The van der Waals surface area contributed by atoms with Crippen LogP contribution in [-0.4, -0.2) is 55.6 Å². The number of allylic oxidation sites excluding steroid dienone is 2. The molecule has 0 radical (unpaired) electrons. The molecule has 0 amide bonds. The third-order valence-electron chi connectivity index (χ3n) is 5.65. The predicted octanol–water partition coefficient (Wildman–Crippen LogP) is 0.982. The molecular weight excluding hydrogens is 438 g/mol. The van der Waals surface area contributed by atoms with Crippen molar-refractivity contribution in [2.75, 3.05) is 24.7 Å². The summed E-state index contributed by atoms with van der Waals surface area (Å²) >= 11 is 0. The van der Waals surface area contributed by atoms with Crippen LogP contribution in [0.4, 0.5) is 5.95 Å². The summed E-state index contributed by atoms with van der Waals surface area (Å²) in [5, 5.41) is 0. The largest absolute Gasteiger partial charge is 0.399 e. The molecule has 0 bridgehead atoms. The van der Waals surface area contributed by atoms with E-state index in [1.807, 2.05) is 10.6 Å². The molecule has 2 aliphatic heterocycles. The molecule has 2 aliphatic rings. The Morgan fingerprint density at radius 3 is 2.79 bits per heavy atom. The van der Waals surface area contributed by atoms with E-state index in [9.17, 15) is 9.59 Å². The number of aromatic amines is 2. The molecule has 5 rings (SSSR count). The quantitative estimate of drug-likeness (QED) is 0.520. The Morgan fingerprint density at radius 1 is 1.18 bits per heavy atom. The highest BCUT2D eigenvalue weighted by Gasteiger charge is 2.26. The standard InChI is InChI=1S/C22H23N9O3/c1-13-2-3-14(23)4-7-30(12-26-13)21-24-11-17-19(28-21)31(15-5-8-34-9-6-15)18(27-17)16-10-25-22(33)29-20(16)32/h2-4,10-12,15H,1,5-9,23H2,(H2,25,29,32,33)/b3-2-,14-4+,26-12?. The number of nitrogens with two attached hydrogens (primary N) is 1. The second-order valence-corrected chi connectivity index (χ2v) is 7.94. The van der Waals surface area contributed by atoms with Gasteiger partial charge in [0.15, 0.2) is 5.65 Å². The first-order chi connectivity index (χ1) is 16.5. The van der Waals surface area contributed by atoms with Gasteiger partial charge in [-0.05, 0) is 31.1 Å². The van der Waals surface area contributed by atoms with E-state index < -0.39 is 11.2 Å². The number of nitrogens with zero attached hydrogens (tertiary/aromatic N) is 6. The maximum Gasteiger partial charge on any atom is 0.325 e. The molecule has 5 heterocycles. The minimum atomic E-state index is -0.583. The number of anilines is 1. The third kappa shape index (κ3) is 4.18. The van der Waals surface area contributed by atoms with Gasteiger partial charge in [-0.1, -0.05) is 6.58 Å². The van der Waals surface area contributed by atoms with Gasteiger partial charge >= 0.3 is 5.69 Å². The van der Waals surface area contributed by atoms with Crippen LogP contribution < -0.4 is 21.9 Å². The molecule has 0 saturated carbocycles. The number of ether oxygens (including phenoxy) is 1. The molecule has 0 aromatic carbocycles. The number of aliphatic imine (C=N–C) groups is 1. The van der Waals surface area contributed by atoms with E-state index in [1.54, 1.807) is 29.6 Å². The zero-order chi connectivity index (χ0) is 23.7. The lowest BCUT2D eigenvalue weighted by molar-refractivity contribution is 0.0708. The van der Waals surface area contributed by atoms with Crippen LogP contribution in [0.1, 0.15) is 18.9 Å². The monoisotopic (exact) mass is 461 g/mol. The van der Waals surface area contributed by atoms with Gasteiger partial charge in [0, 0.05) is 37.7 Å². The van der Waals surface area contributed by atoms with Gasteiger partial charge in [-0.25, -0.2) is 19.8 Å². The number of H-pyrrole nitrogens is 2. The summed E-state index contributed by atoms with van der Waals surface area (Å²) in [4.78, 5) is 48.9. The lowest BCUT2D eigenvalue weighted by Gasteiger charge is -2.25. The van der Waals surface area contributed by atoms with Crippen molar-refractivity contribution in [3.05, 3.63) is 69.4 Å². The highest BCUT2D eigenvalue weighted by atomic mass is 16.5. The maximum atomic E-state index is 12.6. The number of fused-ring (bicyclic) bond motifs is 1. The van der Waals surface area contributed by atoms with Crippen molar-refractivity contribution in [1.29, 1.82) is 0 Å². The highest BCUT2D eigenvalue weighted by Crippen LogP contribution is 2.31. The summed E-state index contributed by atoms with van der Waals surface area (Å²) in [6.07, 6.45) is 11.3. The molecule has 4 N–H and O–H groups in total. The molecule has 1 saturated heterocycles. The van der Waals surface area contributed by atoms with E-state index in [2.05, 4.69) is 31.5 Å². The van der Waals surface area contributed by atoms with Crippen molar-refractivity contribution in [2.24, 2.45) is 10.7 Å². The van der Waals surface area contributed by atoms with E-state index in [0.29, 0.717) is 54.1 Å². The molecule has 12 heteroatoms. The number of aromatic nitrogens is 6. The summed E-state index contributed by atoms with van der Waals surface area (Å²) in [7, 11) is 0. The van der Waals surface area contributed by atoms with Crippen molar-refractivity contribution >= 4 is 23.5 Å². The third-order valence-corrected chi connectivity index (χ3v) is 5.65. The van der Waals surface area contributed by atoms with Crippen LogP contribution >= 0.6 is 0 Å². The Balaban J connectivity index is 1.66. The van der Waals surface area contributed by atoms with Crippen molar-refractivity contribution < 1.29 is 4.74 Å². The summed E-state index contributed by atoms with van der Waals surface area (Å²) in [6.45, 7) is 5.45. The molecular formula is C22H23N9O3. The molecule has 0 unspecified atom stereocenters. The number of imidazole rings is 1. The van der Waals surface area contributed by atoms with Gasteiger partial charge in [-0.3, -0.25) is 14.7 Å². The SMILES string of the molecule is C=C1/C=C\C(N)=C/CN(c2ncc3nc(-c4c[nH]c(=O)[nH]c4=O)n(C4CCOCC4)c3n2)C=N1. The Labute approximate surface area is 193 Å². The van der Waals surface area contributed by atoms with Crippen molar-refractivity contribution in [2.45, 2.75) is 18.9 Å². The van der Waals surface area contributed by atoms with E-state index in [1.165, 1.54) is 6.20 Å². The van der Waals surface area contributed by atoms with E-state index in [-0.39, 0.29) is 11.6 Å². The fraction of sp³-hybridized carbons (Fsp3) is 0.273. The molecule has 3 aromatic rings. The van der Waals surface area contributed by atoms with Crippen molar-refractivity contribution in [3.63, 3.8) is 0 Å². The first kappa shape index (κ1) is 21.5. The molecule has 34 heavy (non-hydrogen) atoms. The van der Waals surface area contributed by atoms with Gasteiger partial charge in [0.2, 0.25) is 5.95 Å². The van der Waals surface area contributed by atoms with Gasteiger partial charge in [0.1, 0.15) is 11.3 Å². The fourth-order valence-corrected chi connectivity index (χ4v) is 3.91. The number of nitrogens with one attached hydrogen (secondary N) is 2. The van der Waals surface area contributed by atoms with Crippen LogP contribution in [0.25, 0.3) is 22.6 Å². The van der Waals surface area contributed by atoms with Gasteiger partial charge < -0.3 is 20.0 Å². The number of hydrogen-bond donors (Lipinski definition) is 3. The Morgan fingerprint density at radius 2 is 2.00 bits per heavy atom.